The second-order valence-corrected chi connectivity index (χ2v) is 13.4. The number of halogens is 2. The summed E-state index contributed by atoms with van der Waals surface area (Å²) in [5, 5.41) is 3.89. The van der Waals surface area contributed by atoms with Crippen molar-refractivity contribution in [2.24, 2.45) is 0 Å². The topological polar surface area (TPSA) is 86.8 Å². The van der Waals surface area contributed by atoms with Crippen LogP contribution < -0.4 is 9.62 Å². The molecule has 0 aromatic heterocycles. The van der Waals surface area contributed by atoms with Crippen LogP contribution in [-0.4, -0.2) is 44.3 Å². The first kappa shape index (κ1) is 34.0. The molecule has 0 spiro atoms. The SMILES string of the molecule is CCCCNC(=O)C(Cc1ccccc1)N(Cc1ccc(Cl)cc1)C(=O)CN(c1cccc(Cl)c1C)S(=O)(=O)c1ccccc1. The first-order valence-corrected chi connectivity index (χ1v) is 17.0. The van der Waals surface area contributed by atoms with Gasteiger partial charge in [-0.2, -0.15) is 0 Å². The quantitative estimate of drug-likeness (QED) is 0.146. The minimum Gasteiger partial charge on any atom is -0.354 e. The molecule has 4 aromatic carbocycles. The van der Waals surface area contributed by atoms with Crippen molar-refractivity contribution in [1.82, 2.24) is 10.2 Å². The van der Waals surface area contributed by atoms with Crippen LogP contribution in [0.15, 0.2) is 108 Å². The Hall–Kier alpha value is -3.85. The third-order valence-electron chi connectivity index (χ3n) is 7.48. The molecular formula is C35H37Cl2N3O4S. The maximum absolute atomic E-state index is 14.5. The largest absolute Gasteiger partial charge is 0.354 e. The van der Waals surface area contributed by atoms with Gasteiger partial charge in [0.1, 0.15) is 12.6 Å². The van der Waals surface area contributed by atoms with Crippen molar-refractivity contribution in [3.8, 4) is 0 Å². The number of rotatable bonds is 14. The number of carbonyl (C=O) groups excluding carboxylic acids is 2. The van der Waals surface area contributed by atoms with Gasteiger partial charge in [0.2, 0.25) is 11.8 Å². The highest BCUT2D eigenvalue weighted by molar-refractivity contribution is 7.92. The maximum Gasteiger partial charge on any atom is 0.264 e. The maximum atomic E-state index is 14.5. The van der Waals surface area contributed by atoms with E-state index in [2.05, 4.69) is 5.32 Å². The summed E-state index contributed by atoms with van der Waals surface area (Å²) in [7, 11) is -4.21. The summed E-state index contributed by atoms with van der Waals surface area (Å²) >= 11 is 12.6. The number of nitrogens with zero attached hydrogens (tertiary/aromatic N) is 2. The van der Waals surface area contributed by atoms with Crippen LogP contribution in [-0.2, 0) is 32.6 Å². The Labute approximate surface area is 275 Å². The number of anilines is 1. The number of unbranched alkanes of at least 4 members (excludes halogenated alkanes) is 1. The highest BCUT2D eigenvalue weighted by Crippen LogP contribution is 2.31. The van der Waals surface area contributed by atoms with Crippen LogP contribution in [0.2, 0.25) is 10.0 Å². The van der Waals surface area contributed by atoms with E-state index in [1.165, 1.54) is 17.0 Å². The van der Waals surface area contributed by atoms with Crippen molar-refractivity contribution in [2.75, 3.05) is 17.4 Å². The number of amides is 2. The molecule has 0 aliphatic carbocycles. The van der Waals surface area contributed by atoms with Crippen molar-refractivity contribution in [3.63, 3.8) is 0 Å². The van der Waals surface area contributed by atoms with Crippen molar-refractivity contribution in [3.05, 3.63) is 130 Å². The molecule has 0 aliphatic rings. The van der Waals surface area contributed by atoms with Crippen molar-refractivity contribution in [2.45, 2.75) is 50.6 Å². The molecule has 0 saturated heterocycles. The van der Waals surface area contributed by atoms with Gasteiger partial charge in [-0.3, -0.25) is 13.9 Å². The van der Waals surface area contributed by atoms with E-state index in [1.807, 2.05) is 37.3 Å². The van der Waals surface area contributed by atoms with E-state index in [0.717, 1.165) is 28.3 Å². The molecule has 0 heterocycles. The molecule has 45 heavy (non-hydrogen) atoms. The molecule has 2 amide bonds. The summed E-state index contributed by atoms with van der Waals surface area (Å²) in [5.74, 6) is -0.860. The molecule has 1 N–H and O–H groups in total. The number of hydrogen-bond donors (Lipinski definition) is 1. The van der Waals surface area contributed by atoms with E-state index in [9.17, 15) is 18.0 Å². The second-order valence-electron chi connectivity index (χ2n) is 10.7. The fourth-order valence-corrected chi connectivity index (χ4v) is 6.73. The fraction of sp³-hybridized carbons (Fsp3) is 0.257. The molecule has 0 fully saturated rings. The molecule has 0 radical (unpaired) electrons. The summed E-state index contributed by atoms with van der Waals surface area (Å²) in [6, 6.07) is 28.4. The van der Waals surface area contributed by atoms with E-state index >= 15 is 0 Å². The first-order valence-electron chi connectivity index (χ1n) is 14.8. The predicted octanol–water partition coefficient (Wildman–Crippen LogP) is 7.05. The average molecular weight is 667 g/mol. The highest BCUT2D eigenvalue weighted by atomic mass is 35.5. The Morgan fingerprint density at radius 1 is 0.822 bits per heavy atom. The second kappa shape index (κ2) is 15.9. The van der Waals surface area contributed by atoms with Gasteiger partial charge >= 0.3 is 0 Å². The molecule has 1 atom stereocenters. The lowest BCUT2D eigenvalue weighted by Crippen LogP contribution is -2.53. The highest BCUT2D eigenvalue weighted by Gasteiger charge is 2.35. The summed E-state index contributed by atoms with van der Waals surface area (Å²) in [6.45, 7) is 3.70. The number of sulfonamides is 1. The van der Waals surface area contributed by atoms with Gasteiger partial charge < -0.3 is 10.2 Å². The number of benzene rings is 4. The molecule has 0 bridgehead atoms. The number of hydrogen-bond acceptors (Lipinski definition) is 4. The van der Waals surface area contributed by atoms with Crippen molar-refractivity contribution >= 4 is 50.7 Å². The smallest absolute Gasteiger partial charge is 0.264 e. The normalized spacial score (nSPS) is 11.9. The van der Waals surface area contributed by atoms with Gasteiger partial charge in [-0.05, 0) is 66.4 Å². The van der Waals surface area contributed by atoms with E-state index in [-0.39, 0.29) is 29.5 Å². The van der Waals surface area contributed by atoms with Crippen LogP contribution in [0, 0.1) is 6.92 Å². The third kappa shape index (κ3) is 8.87. The first-order chi connectivity index (χ1) is 21.6. The van der Waals surface area contributed by atoms with Crippen LogP contribution in [0.5, 0.6) is 0 Å². The summed E-state index contributed by atoms with van der Waals surface area (Å²) in [4.78, 5) is 29.8. The zero-order valence-corrected chi connectivity index (χ0v) is 27.7. The van der Waals surface area contributed by atoms with Gasteiger partial charge in [0.25, 0.3) is 10.0 Å². The van der Waals surface area contributed by atoms with Crippen LogP contribution in [0.25, 0.3) is 0 Å². The Bertz CT molecular complexity index is 1690. The van der Waals surface area contributed by atoms with Crippen LogP contribution >= 0.6 is 23.2 Å². The predicted molar refractivity (Wildman–Crippen MR) is 181 cm³/mol. The van der Waals surface area contributed by atoms with E-state index < -0.39 is 28.5 Å². The van der Waals surface area contributed by atoms with E-state index in [4.69, 9.17) is 23.2 Å². The van der Waals surface area contributed by atoms with Gasteiger partial charge in [-0.25, -0.2) is 8.42 Å². The summed E-state index contributed by atoms with van der Waals surface area (Å²) in [6.07, 6.45) is 1.91. The standard InChI is InChI=1S/C35H37Cl2N3O4S/c1-3-4-22-38-35(42)33(23-27-12-7-5-8-13-27)39(24-28-18-20-29(36)21-19-28)34(41)25-40(32-17-11-16-31(37)26(32)2)45(43,44)30-14-9-6-10-15-30/h5-21,33H,3-4,22-25H2,1-2H3,(H,38,42). The molecule has 0 aliphatic heterocycles. The van der Waals surface area contributed by atoms with Gasteiger partial charge in [-0.1, -0.05) is 103 Å². The third-order valence-corrected chi connectivity index (χ3v) is 9.92. The molecule has 10 heteroatoms. The molecule has 236 valence electrons. The molecule has 4 rings (SSSR count). The zero-order chi connectivity index (χ0) is 32.4. The van der Waals surface area contributed by atoms with Gasteiger partial charge in [0.05, 0.1) is 10.6 Å². The number of carbonyl (C=O) groups is 2. The lowest BCUT2D eigenvalue weighted by Gasteiger charge is -2.34. The summed E-state index contributed by atoms with van der Waals surface area (Å²) < 4.78 is 29.4. The Morgan fingerprint density at radius 2 is 1.47 bits per heavy atom. The van der Waals surface area contributed by atoms with Gasteiger partial charge in [-0.15, -0.1) is 0 Å². The van der Waals surface area contributed by atoms with E-state index in [1.54, 1.807) is 67.6 Å². The molecular weight excluding hydrogens is 629 g/mol. The summed E-state index contributed by atoms with van der Waals surface area (Å²) in [5.41, 5.74) is 2.39. The van der Waals surface area contributed by atoms with Gasteiger partial charge in [0.15, 0.2) is 0 Å². The van der Waals surface area contributed by atoms with Crippen LogP contribution in [0.4, 0.5) is 5.69 Å². The van der Waals surface area contributed by atoms with Crippen LogP contribution in [0.1, 0.15) is 36.5 Å². The average Bonchev–Trinajstić information content (AvgIpc) is 3.04. The van der Waals surface area contributed by atoms with E-state index in [0.29, 0.717) is 22.2 Å². The Balaban J connectivity index is 1.81. The van der Waals surface area contributed by atoms with Gasteiger partial charge in [0, 0.05) is 29.6 Å². The van der Waals surface area contributed by atoms with Crippen molar-refractivity contribution < 1.29 is 18.0 Å². The molecule has 1 unspecified atom stereocenters. The minimum atomic E-state index is -4.21. The minimum absolute atomic E-state index is 0.0274. The molecule has 7 nitrogen and oxygen atoms in total. The lowest BCUT2D eigenvalue weighted by atomic mass is 10.0. The monoisotopic (exact) mass is 665 g/mol. The fourth-order valence-electron chi connectivity index (χ4n) is 4.95. The molecule has 4 aromatic rings. The number of nitrogens with one attached hydrogen (secondary N) is 1. The lowest BCUT2D eigenvalue weighted by molar-refractivity contribution is -0.140. The van der Waals surface area contributed by atoms with Crippen molar-refractivity contribution in [1.29, 1.82) is 0 Å². The molecule has 0 saturated carbocycles. The zero-order valence-electron chi connectivity index (χ0n) is 25.3. The Kier molecular flexibility index (Phi) is 12.0. The van der Waals surface area contributed by atoms with Crippen LogP contribution in [0.3, 0.4) is 0 Å². The Morgan fingerprint density at radius 3 is 2.11 bits per heavy atom.